The minimum atomic E-state index is -0.602. The van der Waals surface area contributed by atoms with E-state index in [-0.39, 0.29) is 6.10 Å². The summed E-state index contributed by atoms with van der Waals surface area (Å²) in [4.78, 5) is 31.4. The van der Waals surface area contributed by atoms with Gasteiger partial charge in [0.05, 0.1) is 16.8 Å². The predicted octanol–water partition coefficient (Wildman–Crippen LogP) is 4.43. The van der Waals surface area contributed by atoms with Crippen LogP contribution in [0.5, 0.6) is 0 Å². The van der Waals surface area contributed by atoms with Crippen LogP contribution in [0, 0.1) is 0 Å². The summed E-state index contributed by atoms with van der Waals surface area (Å²) in [5.41, 5.74) is 2.38. The lowest BCUT2D eigenvalue weighted by Gasteiger charge is -2.28. The van der Waals surface area contributed by atoms with E-state index in [0.717, 1.165) is 42.5 Å². The van der Waals surface area contributed by atoms with E-state index in [0.29, 0.717) is 16.3 Å². The monoisotopic (exact) mass is 453 g/mol. The summed E-state index contributed by atoms with van der Waals surface area (Å²) in [5, 5.41) is 4.73. The molecule has 1 saturated heterocycles. The van der Waals surface area contributed by atoms with Gasteiger partial charge < -0.3 is 19.7 Å². The minimum Gasteiger partial charge on any atom is -0.460 e. The standard InChI is InChI=1S/C24H24ClN3O4/c1-28-12-9-17(10-13-28)32-23(29)15-31-24(30)19-4-2-3-5-20(19)27-21-8-11-26-22-14-16(25)6-7-18(21)22/h2-8,11,14,17H,9-10,12-13,15H2,1H3,(H,26,27). The topological polar surface area (TPSA) is 80.8 Å². The average Bonchev–Trinajstić information content (AvgIpc) is 2.79. The van der Waals surface area contributed by atoms with Gasteiger partial charge in [-0.2, -0.15) is 0 Å². The SMILES string of the molecule is CN1CCC(OC(=O)COC(=O)c2ccccc2Nc2ccnc3cc(Cl)ccc23)CC1. The molecule has 0 atom stereocenters. The normalized spacial score (nSPS) is 14.8. The third-order valence-corrected chi connectivity index (χ3v) is 5.64. The van der Waals surface area contributed by atoms with Gasteiger partial charge in [0, 0.05) is 35.4 Å². The lowest BCUT2D eigenvalue weighted by atomic mass is 10.1. The predicted molar refractivity (Wildman–Crippen MR) is 123 cm³/mol. The smallest absolute Gasteiger partial charge is 0.344 e. The molecule has 0 radical (unpaired) electrons. The van der Waals surface area contributed by atoms with Crippen LogP contribution in [0.25, 0.3) is 10.9 Å². The van der Waals surface area contributed by atoms with Gasteiger partial charge in [-0.15, -0.1) is 0 Å². The van der Waals surface area contributed by atoms with Crippen LogP contribution in [0.1, 0.15) is 23.2 Å². The summed E-state index contributed by atoms with van der Waals surface area (Å²) >= 11 is 6.06. The fourth-order valence-corrected chi connectivity index (χ4v) is 3.84. The average molecular weight is 454 g/mol. The molecule has 166 valence electrons. The van der Waals surface area contributed by atoms with Crippen molar-refractivity contribution in [3.63, 3.8) is 0 Å². The number of carbonyl (C=O) groups excluding carboxylic acids is 2. The lowest BCUT2D eigenvalue weighted by molar-refractivity contribution is -0.154. The van der Waals surface area contributed by atoms with E-state index < -0.39 is 18.5 Å². The maximum Gasteiger partial charge on any atom is 0.344 e. The molecule has 1 aliphatic rings. The molecule has 0 saturated carbocycles. The zero-order valence-corrected chi connectivity index (χ0v) is 18.5. The fourth-order valence-electron chi connectivity index (χ4n) is 3.67. The van der Waals surface area contributed by atoms with Crippen LogP contribution in [-0.4, -0.2) is 54.7 Å². The second-order valence-electron chi connectivity index (χ2n) is 7.76. The molecule has 1 aromatic heterocycles. The Bertz CT molecular complexity index is 1130. The number of para-hydroxylation sites is 1. The van der Waals surface area contributed by atoms with E-state index in [2.05, 4.69) is 15.2 Å². The molecule has 1 fully saturated rings. The molecule has 0 bridgehead atoms. The third kappa shape index (κ3) is 5.36. The number of carbonyl (C=O) groups is 2. The fraction of sp³-hybridized carbons (Fsp3) is 0.292. The van der Waals surface area contributed by atoms with E-state index in [4.69, 9.17) is 21.1 Å². The Morgan fingerprint density at radius 1 is 1.12 bits per heavy atom. The van der Waals surface area contributed by atoms with Crippen LogP contribution >= 0.6 is 11.6 Å². The van der Waals surface area contributed by atoms with Crippen LogP contribution in [-0.2, 0) is 14.3 Å². The molecule has 1 aliphatic heterocycles. The first kappa shape index (κ1) is 22.0. The maximum absolute atomic E-state index is 12.7. The number of halogens is 1. The van der Waals surface area contributed by atoms with Gasteiger partial charge in [-0.25, -0.2) is 9.59 Å². The maximum atomic E-state index is 12.7. The summed E-state index contributed by atoms with van der Waals surface area (Å²) in [6.45, 7) is 1.34. The molecule has 2 heterocycles. The Hall–Kier alpha value is -3.16. The number of benzene rings is 2. The number of anilines is 2. The van der Waals surface area contributed by atoms with Crippen LogP contribution in [0.4, 0.5) is 11.4 Å². The molecule has 32 heavy (non-hydrogen) atoms. The van der Waals surface area contributed by atoms with E-state index in [1.807, 2.05) is 25.2 Å². The second kappa shape index (κ2) is 9.97. The number of hydrogen-bond acceptors (Lipinski definition) is 7. The number of aromatic nitrogens is 1. The summed E-state index contributed by atoms with van der Waals surface area (Å²) in [5.74, 6) is -1.13. The van der Waals surface area contributed by atoms with Crippen LogP contribution in [0.2, 0.25) is 5.02 Å². The van der Waals surface area contributed by atoms with E-state index in [1.165, 1.54) is 0 Å². The highest BCUT2D eigenvalue weighted by Gasteiger charge is 2.22. The number of pyridine rings is 1. The summed E-state index contributed by atoms with van der Waals surface area (Å²) in [6.07, 6.45) is 3.11. The van der Waals surface area contributed by atoms with Crippen molar-refractivity contribution in [1.82, 2.24) is 9.88 Å². The number of rotatable bonds is 6. The highest BCUT2D eigenvalue weighted by molar-refractivity contribution is 6.31. The highest BCUT2D eigenvalue weighted by atomic mass is 35.5. The van der Waals surface area contributed by atoms with Crippen LogP contribution in [0.15, 0.2) is 54.7 Å². The van der Waals surface area contributed by atoms with Gasteiger partial charge in [0.25, 0.3) is 0 Å². The minimum absolute atomic E-state index is 0.125. The summed E-state index contributed by atoms with van der Waals surface area (Å²) in [6, 6.07) is 14.2. The van der Waals surface area contributed by atoms with Crippen molar-refractivity contribution in [2.45, 2.75) is 18.9 Å². The zero-order valence-electron chi connectivity index (χ0n) is 17.7. The first-order valence-electron chi connectivity index (χ1n) is 10.4. The molecule has 1 N–H and O–H groups in total. The molecule has 7 nitrogen and oxygen atoms in total. The van der Waals surface area contributed by atoms with Crippen molar-refractivity contribution in [2.75, 3.05) is 32.1 Å². The van der Waals surface area contributed by atoms with Crippen molar-refractivity contribution in [3.8, 4) is 0 Å². The third-order valence-electron chi connectivity index (χ3n) is 5.41. The zero-order chi connectivity index (χ0) is 22.5. The van der Waals surface area contributed by atoms with Crippen molar-refractivity contribution in [2.24, 2.45) is 0 Å². The Labute approximate surface area is 191 Å². The molecular weight excluding hydrogens is 430 g/mol. The lowest BCUT2D eigenvalue weighted by Crippen LogP contribution is -2.36. The first-order chi connectivity index (χ1) is 15.5. The van der Waals surface area contributed by atoms with Gasteiger partial charge in [0.2, 0.25) is 0 Å². The number of piperidine rings is 1. The Kier molecular flexibility index (Phi) is 6.87. The quantitative estimate of drug-likeness (QED) is 0.553. The number of likely N-dealkylation sites (tertiary alicyclic amines) is 1. The Morgan fingerprint density at radius 2 is 1.91 bits per heavy atom. The van der Waals surface area contributed by atoms with Crippen molar-refractivity contribution in [3.05, 3.63) is 65.3 Å². The van der Waals surface area contributed by atoms with Gasteiger partial charge in [-0.3, -0.25) is 4.98 Å². The van der Waals surface area contributed by atoms with Crippen molar-refractivity contribution >= 4 is 45.8 Å². The number of hydrogen-bond donors (Lipinski definition) is 1. The molecular formula is C24H24ClN3O4. The molecule has 0 unspecified atom stereocenters. The molecule has 2 aromatic carbocycles. The number of nitrogens with one attached hydrogen (secondary N) is 1. The van der Waals surface area contributed by atoms with Crippen molar-refractivity contribution < 1.29 is 19.1 Å². The molecule has 0 amide bonds. The second-order valence-corrected chi connectivity index (χ2v) is 8.20. The van der Waals surface area contributed by atoms with Crippen molar-refractivity contribution in [1.29, 1.82) is 0 Å². The Morgan fingerprint density at radius 3 is 2.72 bits per heavy atom. The number of esters is 2. The molecule has 3 aromatic rings. The number of nitrogens with zero attached hydrogens (tertiary/aromatic N) is 2. The first-order valence-corrected chi connectivity index (χ1v) is 10.8. The van der Waals surface area contributed by atoms with Crippen LogP contribution in [0.3, 0.4) is 0 Å². The largest absolute Gasteiger partial charge is 0.460 e. The van der Waals surface area contributed by atoms with Gasteiger partial charge in [-0.1, -0.05) is 23.7 Å². The van der Waals surface area contributed by atoms with Gasteiger partial charge in [0.15, 0.2) is 6.61 Å². The summed E-state index contributed by atoms with van der Waals surface area (Å²) in [7, 11) is 2.04. The molecule has 0 spiro atoms. The van der Waals surface area contributed by atoms with Gasteiger partial charge in [0.1, 0.15) is 6.10 Å². The van der Waals surface area contributed by atoms with Gasteiger partial charge >= 0.3 is 11.9 Å². The number of fused-ring (bicyclic) bond motifs is 1. The van der Waals surface area contributed by atoms with Gasteiger partial charge in [-0.05, 0) is 56.3 Å². The Balaban J connectivity index is 1.42. The van der Waals surface area contributed by atoms with E-state index >= 15 is 0 Å². The van der Waals surface area contributed by atoms with E-state index in [1.54, 1.807) is 36.5 Å². The molecule has 0 aliphatic carbocycles. The van der Waals surface area contributed by atoms with E-state index in [9.17, 15) is 9.59 Å². The van der Waals surface area contributed by atoms with Crippen LogP contribution < -0.4 is 5.32 Å². The highest BCUT2D eigenvalue weighted by Crippen LogP contribution is 2.28. The molecule has 8 heteroatoms. The summed E-state index contributed by atoms with van der Waals surface area (Å²) < 4.78 is 10.7. The molecule has 4 rings (SSSR count). The number of ether oxygens (including phenoxy) is 2.